The molecule has 0 fully saturated rings. The number of alkyl halides is 3. The first-order chi connectivity index (χ1) is 12.2. The van der Waals surface area contributed by atoms with Crippen LogP contribution in [0.4, 0.5) is 23.4 Å². The molecule has 1 aromatic carbocycles. The quantitative estimate of drug-likeness (QED) is 0.685. The van der Waals surface area contributed by atoms with Crippen LogP contribution in [0.3, 0.4) is 0 Å². The van der Waals surface area contributed by atoms with Crippen LogP contribution < -0.4 is 5.32 Å². The number of anilines is 1. The van der Waals surface area contributed by atoms with E-state index in [1.54, 1.807) is 36.1 Å². The van der Waals surface area contributed by atoms with Gasteiger partial charge in [0.25, 0.3) is 0 Å². The normalized spacial score (nSPS) is 12.8. The van der Waals surface area contributed by atoms with Crippen LogP contribution in [0.5, 0.6) is 0 Å². The van der Waals surface area contributed by atoms with E-state index in [0.717, 1.165) is 6.92 Å². The van der Waals surface area contributed by atoms with Gasteiger partial charge in [-0.2, -0.15) is 18.3 Å². The highest BCUT2D eigenvalue weighted by atomic mass is 19.4. The maximum absolute atomic E-state index is 13.2. The van der Waals surface area contributed by atoms with Crippen LogP contribution in [0.15, 0.2) is 48.8 Å². The van der Waals surface area contributed by atoms with Crippen molar-refractivity contribution in [2.75, 3.05) is 5.32 Å². The van der Waals surface area contributed by atoms with E-state index in [0.29, 0.717) is 22.4 Å². The summed E-state index contributed by atoms with van der Waals surface area (Å²) in [5, 5.41) is 6.74. The van der Waals surface area contributed by atoms with Crippen molar-refractivity contribution in [3.63, 3.8) is 0 Å². The molecule has 0 saturated heterocycles. The average molecular weight is 364 g/mol. The Morgan fingerprint density at radius 1 is 1.08 bits per heavy atom. The van der Waals surface area contributed by atoms with E-state index in [1.807, 2.05) is 0 Å². The maximum atomic E-state index is 13.2. The molecule has 8 heteroatoms. The lowest BCUT2D eigenvalue weighted by Crippen LogP contribution is -2.33. The Bertz CT molecular complexity index is 900. The predicted octanol–water partition coefficient (Wildman–Crippen LogP) is 4.65. The molecule has 1 N–H and O–H groups in total. The summed E-state index contributed by atoms with van der Waals surface area (Å²) in [4.78, 5) is 3.95. The Kier molecular flexibility index (Phi) is 4.67. The van der Waals surface area contributed by atoms with Gasteiger partial charge in [-0.1, -0.05) is 0 Å². The summed E-state index contributed by atoms with van der Waals surface area (Å²) < 4.78 is 53.0. The van der Waals surface area contributed by atoms with Gasteiger partial charge >= 0.3 is 6.18 Å². The van der Waals surface area contributed by atoms with Crippen LogP contribution in [-0.2, 0) is 7.05 Å². The second-order valence-corrected chi connectivity index (χ2v) is 5.91. The molecule has 1 unspecified atom stereocenters. The Labute approximate surface area is 147 Å². The lowest BCUT2D eigenvalue weighted by Gasteiger charge is -2.18. The molecule has 0 aliphatic heterocycles. The van der Waals surface area contributed by atoms with Gasteiger partial charge in [-0.05, 0) is 48.9 Å². The number of hydrogen-bond donors (Lipinski definition) is 1. The van der Waals surface area contributed by atoms with Crippen LogP contribution in [0.1, 0.15) is 6.92 Å². The number of nitrogens with one attached hydrogen (secondary N) is 1. The van der Waals surface area contributed by atoms with Gasteiger partial charge in [-0.25, -0.2) is 9.37 Å². The van der Waals surface area contributed by atoms with Gasteiger partial charge in [-0.3, -0.25) is 4.68 Å². The first-order valence-electron chi connectivity index (χ1n) is 7.83. The van der Waals surface area contributed by atoms with Crippen molar-refractivity contribution in [3.8, 4) is 22.4 Å². The van der Waals surface area contributed by atoms with E-state index < -0.39 is 12.2 Å². The number of halogens is 4. The zero-order chi connectivity index (χ0) is 18.9. The van der Waals surface area contributed by atoms with E-state index in [9.17, 15) is 17.6 Å². The first kappa shape index (κ1) is 17.9. The van der Waals surface area contributed by atoms with Gasteiger partial charge in [0, 0.05) is 30.6 Å². The number of rotatable bonds is 4. The largest absolute Gasteiger partial charge is 0.408 e. The van der Waals surface area contributed by atoms with Gasteiger partial charge in [0.15, 0.2) is 0 Å². The highest BCUT2D eigenvalue weighted by Crippen LogP contribution is 2.32. The van der Waals surface area contributed by atoms with Crippen LogP contribution in [0.25, 0.3) is 22.4 Å². The SMILES string of the molecule is CC(Nc1cc(-c2cn(C)nc2-c2ccc(F)cc2)ccn1)C(F)(F)F. The van der Waals surface area contributed by atoms with Gasteiger partial charge in [0.1, 0.15) is 23.4 Å². The topological polar surface area (TPSA) is 42.7 Å². The molecule has 3 rings (SSSR count). The summed E-state index contributed by atoms with van der Waals surface area (Å²) in [5.41, 5.74) is 2.68. The second-order valence-electron chi connectivity index (χ2n) is 5.91. The van der Waals surface area contributed by atoms with Gasteiger partial charge in [0.05, 0.1) is 0 Å². The molecule has 0 aliphatic carbocycles. The van der Waals surface area contributed by atoms with E-state index >= 15 is 0 Å². The predicted molar refractivity (Wildman–Crippen MR) is 91.0 cm³/mol. The Morgan fingerprint density at radius 2 is 1.77 bits per heavy atom. The summed E-state index contributed by atoms with van der Waals surface area (Å²) in [5.74, 6) is -0.246. The van der Waals surface area contributed by atoms with Gasteiger partial charge in [0.2, 0.25) is 0 Å². The van der Waals surface area contributed by atoms with E-state index in [2.05, 4.69) is 15.4 Å². The molecule has 0 radical (unpaired) electrons. The molecular weight excluding hydrogens is 348 g/mol. The zero-order valence-corrected chi connectivity index (χ0v) is 14.0. The Hall–Kier alpha value is -2.90. The zero-order valence-electron chi connectivity index (χ0n) is 14.0. The van der Waals surface area contributed by atoms with Crippen molar-refractivity contribution >= 4 is 5.82 Å². The average Bonchev–Trinajstić information content (AvgIpc) is 2.97. The smallest absolute Gasteiger partial charge is 0.359 e. The van der Waals surface area contributed by atoms with E-state index in [4.69, 9.17) is 0 Å². The van der Waals surface area contributed by atoms with Crippen LogP contribution in [-0.4, -0.2) is 27.0 Å². The highest BCUT2D eigenvalue weighted by molar-refractivity contribution is 5.81. The molecule has 26 heavy (non-hydrogen) atoms. The molecule has 4 nitrogen and oxygen atoms in total. The fraction of sp³-hybridized carbons (Fsp3) is 0.222. The maximum Gasteiger partial charge on any atom is 0.408 e. The van der Waals surface area contributed by atoms with Crippen molar-refractivity contribution in [1.29, 1.82) is 0 Å². The number of aryl methyl sites for hydroxylation is 1. The lowest BCUT2D eigenvalue weighted by molar-refractivity contribution is -0.138. The number of pyridine rings is 1. The number of nitrogens with zero attached hydrogens (tertiary/aromatic N) is 3. The molecule has 136 valence electrons. The Morgan fingerprint density at radius 3 is 2.42 bits per heavy atom. The lowest BCUT2D eigenvalue weighted by atomic mass is 10.0. The summed E-state index contributed by atoms with van der Waals surface area (Å²) in [7, 11) is 1.74. The van der Waals surface area contributed by atoms with Crippen molar-refractivity contribution in [2.24, 2.45) is 7.05 Å². The van der Waals surface area contributed by atoms with Gasteiger partial charge < -0.3 is 5.32 Å². The summed E-state index contributed by atoms with van der Waals surface area (Å²) in [6.45, 7) is 1.03. The standard InChI is InChI=1S/C18H16F4N4/c1-11(18(20,21)22)24-16-9-13(7-8-23-16)15-10-26(2)25-17(15)12-3-5-14(19)6-4-12/h3-11H,1-2H3,(H,23,24). The van der Waals surface area contributed by atoms with Crippen LogP contribution in [0.2, 0.25) is 0 Å². The minimum absolute atomic E-state index is 0.112. The van der Waals surface area contributed by atoms with Crippen LogP contribution >= 0.6 is 0 Å². The molecule has 0 aliphatic rings. The molecule has 0 saturated carbocycles. The van der Waals surface area contributed by atoms with Crippen LogP contribution in [0, 0.1) is 5.82 Å². The third kappa shape index (κ3) is 3.84. The van der Waals surface area contributed by atoms with E-state index in [-0.39, 0.29) is 11.6 Å². The third-order valence-corrected chi connectivity index (χ3v) is 3.87. The summed E-state index contributed by atoms with van der Waals surface area (Å²) >= 11 is 0. The minimum atomic E-state index is -4.37. The molecule has 2 aromatic heterocycles. The van der Waals surface area contributed by atoms with Crippen molar-refractivity contribution in [2.45, 2.75) is 19.1 Å². The monoisotopic (exact) mass is 364 g/mol. The summed E-state index contributed by atoms with van der Waals surface area (Å²) in [6, 6.07) is 7.37. The fourth-order valence-electron chi connectivity index (χ4n) is 2.50. The molecule has 3 aromatic rings. The molecule has 0 spiro atoms. The number of hydrogen-bond acceptors (Lipinski definition) is 3. The number of aromatic nitrogens is 3. The van der Waals surface area contributed by atoms with E-state index in [1.165, 1.54) is 24.4 Å². The number of benzene rings is 1. The van der Waals surface area contributed by atoms with Crippen molar-refractivity contribution in [3.05, 3.63) is 54.6 Å². The molecule has 2 heterocycles. The summed E-state index contributed by atoms with van der Waals surface area (Å²) in [6.07, 6.45) is -1.18. The van der Waals surface area contributed by atoms with Crippen molar-refractivity contribution < 1.29 is 17.6 Å². The molecule has 1 atom stereocenters. The minimum Gasteiger partial charge on any atom is -0.359 e. The highest BCUT2D eigenvalue weighted by Gasteiger charge is 2.36. The first-order valence-corrected chi connectivity index (χ1v) is 7.83. The molecular formula is C18H16F4N4. The fourth-order valence-corrected chi connectivity index (χ4v) is 2.50. The molecule has 0 bridgehead atoms. The Balaban J connectivity index is 1.97. The third-order valence-electron chi connectivity index (χ3n) is 3.87. The second kappa shape index (κ2) is 6.78. The molecule has 0 amide bonds. The van der Waals surface area contributed by atoms with Crippen molar-refractivity contribution in [1.82, 2.24) is 14.8 Å². The van der Waals surface area contributed by atoms with Gasteiger partial charge in [-0.15, -0.1) is 0 Å².